The van der Waals surface area contributed by atoms with E-state index in [2.05, 4.69) is 5.32 Å². The normalized spacial score (nSPS) is 14.3. The van der Waals surface area contributed by atoms with Gasteiger partial charge < -0.3 is 10.2 Å². The van der Waals surface area contributed by atoms with Crippen molar-refractivity contribution in [3.8, 4) is 0 Å². The Morgan fingerprint density at radius 2 is 1.46 bits per heavy atom. The number of hydrogen-bond donors (Lipinski definition) is 1. The highest BCUT2D eigenvalue weighted by Crippen LogP contribution is 2.42. The lowest BCUT2D eigenvalue weighted by atomic mass is 10.0. The Labute approximate surface area is 241 Å². The molecule has 8 heteroatoms. The molecular formula is C33H35N3O4S. The number of sulfonamides is 1. The van der Waals surface area contributed by atoms with Crippen LogP contribution in [-0.4, -0.2) is 43.8 Å². The molecule has 1 aliphatic rings. The molecule has 1 aliphatic heterocycles. The second kappa shape index (κ2) is 12.1. The molecule has 0 radical (unpaired) electrons. The van der Waals surface area contributed by atoms with Crippen LogP contribution in [0.2, 0.25) is 0 Å². The maximum absolute atomic E-state index is 13.9. The number of rotatable bonds is 11. The lowest BCUT2D eigenvalue weighted by Crippen LogP contribution is -2.51. The van der Waals surface area contributed by atoms with Crippen LogP contribution in [0.1, 0.15) is 37.8 Å². The minimum atomic E-state index is -3.70. The van der Waals surface area contributed by atoms with Gasteiger partial charge >= 0.3 is 0 Å². The maximum atomic E-state index is 13.9. The number of carbonyl (C=O) groups is 2. The number of nitrogens with zero attached hydrogens (tertiary/aromatic N) is 2. The molecule has 0 bridgehead atoms. The summed E-state index contributed by atoms with van der Waals surface area (Å²) < 4.78 is 28.2. The van der Waals surface area contributed by atoms with Crippen LogP contribution >= 0.6 is 0 Å². The summed E-state index contributed by atoms with van der Waals surface area (Å²) in [5.41, 5.74) is 2.52. The number of amides is 2. The van der Waals surface area contributed by atoms with E-state index >= 15 is 0 Å². The highest BCUT2D eigenvalue weighted by molar-refractivity contribution is 7.93. The second-order valence-electron chi connectivity index (χ2n) is 10.7. The summed E-state index contributed by atoms with van der Waals surface area (Å²) in [6, 6.07) is 29.3. The summed E-state index contributed by atoms with van der Waals surface area (Å²) >= 11 is 0. The molecule has 0 unspecified atom stereocenters. The summed E-state index contributed by atoms with van der Waals surface area (Å²) in [5, 5.41) is 4.59. The first-order valence-corrected chi connectivity index (χ1v) is 15.4. The van der Waals surface area contributed by atoms with E-state index in [1.165, 1.54) is 4.31 Å². The molecule has 4 aromatic rings. The number of hydrogen-bond acceptors (Lipinski definition) is 4. The van der Waals surface area contributed by atoms with Crippen LogP contribution < -0.4 is 9.62 Å². The Bertz CT molecular complexity index is 1630. The third-order valence-electron chi connectivity index (χ3n) is 7.33. The Hall–Kier alpha value is -4.17. The van der Waals surface area contributed by atoms with Crippen molar-refractivity contribution in [2.75, 3.05) is 10.8 Å². The summed E-state index contributed by atoms with van der Waals surface area (Å²) in [5.74, 6) is -0.404. The maximum Gasteiger partial charge on any atom is 0.265 e. The fraction of sp³-hybridized carbons (Fsp3) is 0.273. The molecule has 0 saturated heterocycles. The fourth-order valence-electron chi connectivity index (χ4n) is 5.43. The Morgan fingerprint density at radius 1 is 0.829 bits per heavy atom. The van der Waals surface area contributed by atoms with E-state index in [1.54, 1.807) is 17.0 Å². The highest BCUT2D eigenvalue weighted by Gasteiger charge is 2.36. The van der Waals surface area contributed by atoms with Crippen molar-refractivity contribution in [3.05, 3.63) is 108 Å². The van der Waals surface area contributed by atoms with Crippen LogP contribution in [-0.2, 0) is 32.6 Å². The average Bonchev–Trinajstić information content (AvgIpc) is 3.18. The Balaban J connectivity index is 1.38. The topological polar surface area (TPSA) is 86.8 Å². The molecule has 4 aromatic carbocycles. The minimum absolute atomic E-state index is 0.0841. The molecule has 41 heavy (non-hydrogen) atoms. The van der Waals surface area contributed by atoms with Gasteiger partial charge in [0.05, 0.1) is 10.6 Å². The van der Waals surface area contributed by atoms with Gasteiger partial charge in [0.15, 0.2) is 0 Å². The molecule has 0 aliphatic carbocycles. The molecule has 0 fully saturated rings. The van der Waals surface area contributed by atoms with E-state index < -0.39 is 16.1 Å². The molecule has 7 nitrogen and oxygen atoms in total. The molecule has 0 spiro atoms. The highest BCUT2D eigenvalue weighted by atomic mass is 32.2. The molecule has 0 saturated carbocycles. The largest absolute Gasteiger partial charge is 0.352 e. The first kappa shape index (κ1) is 28.4. The molecule has 1 N–H and O–H groups in total. The van der Waals surface area contributed by atoms with E-state index in [-0.39, 0.29) is 37.4 Å². The van der Waals surface area contributed by atoms with E-state index in [0.717, 1.165) is 21.9 Å². The van der Waals surface area contributed by atoms with Crippen molar-refractivity contribution in [1.29, 1.82) is 0 Å². The van der Waals surface area contributed by atoms with E-state index in [1.807, 2.05) is 98.8 Å². The lowest BCUT2D eigenvalue weighted by Gasteiger charge is -2.32. The molecular weight excluding hydrogens is 534 g/mol. The predicted molar refractivity (Wildman–Crippen MR) is 162 cm³/mol. The Morgan fingerprint density at radius 3 is 2.12 bits per heavy atom. The molecule has 5 rings (SSSR count). The van der Waals surface area contributed by atoms with E-state index in [4.69, 9.17) is 0 Å². The van der Waals surface area contributed by atoms with Crippen LogP contribution in [0.15, 0.2) is 102 Å². The zero-order valence-electron chi connectivity index (χ0n) is 23.4. The number of anilines is 1. The lowest BCUT2D eigenvalue weighted by molar-refractivity contribution is -0.141. The average molecular weight is 570 g/mol. The minimum Gasteiger partial charge on any atom is -0.352 e. The fourth-order valence-corrected chi connectivity index (χ4v) is 7.18. The van der Waals surface area contributed by atoms with Crippen molar-refractivity contribution in [1.82, 2.24) is 10.2 Å². The van der Waals surface area contributed by atoms with Crippen molar-refractivity contribution in [2.24, 2.45) is 0 Å². The quantitative estimate of drug-likeness (QED) is 0.266. The van der Waals surface area contributed by atoms with Gasteiger partial charge in [0.2, 0.25) is 11.8 Å². The first-order valence-electron chi connectivity index (χ1n) is 14.0. The van der Waals surface area contributed by atoms with Gasteiger partial charge in [0.1, 0.15) is 6.04 Å². The molecule has 0 aromatic heterocycles. The van der Waals surface area contributed by atoms with Crippen molar-refractivity contribution in [2.45, 2.75) is 56.6 Å². The van der Waals surface area contributed by atoms with Gasteiger partial charge in [-0.3, -0.25) is 13.9 Å². The predicted octanol–water partition coefficient (Wildman–Crippen LogP) is 5.29. The van der Waals surface area contributed by atoms with Crippen LogP contribution in [0.5, 0.6) is 0 Å². The summed E-state index contributed by atoms with van der Waals surface area (Å²) in [4.78, 5) is 29.3. The summed E-state index contributed by atoms with van der Waals surface area (Å²) in [7, 11) is -3.70. The zero-order chi connectivity index (χ0) is 29.0. The summed E-state index contributed by atoms with van der Waals surface area (Å²) in [6.07, 6.45) is 0.790. The third-order valence-corrected chi connectivity index (χ3v) is 9.19. The Kier molecular flexibility index (Phi) is 8.40. The SMILES string of the molecule is CC(C)NC(=O)[C@H](Cc1ccccc1)N(Cc1ccccc1)C(=O)CCCN1c2cccc3cccc(c23)S1(=O)=O. The smallest absolute Gasteiger partial charge is 0.265 e. The second-order valence-corrected chi connectivity index (χ2v) is 12.5. The van der Waals surface area contributed by atoms with Crippen LogP contribution in [0, 0.1) is 0 Å². The summed E-state index contributed by atoms with van der Waals surface area (Å²) in [6.45, 7) is 4.24. The number of benzene rings is 4. The van der Waals surface area contributed by atoms with Gasteiger partial charge in [-0.1, -0.05) is 84.9 Å². The molecule has 2 amide bonds. The van der Waals surface area contributed by atoms with Gasteiger partial charge in [-0.15, -0.1) is 0 Å². The van der Waals surface area contributed by atoms with E-state index in [9.17, 15) is 18.0 Å². The third kappa shape index (κ3) is 6.12. The van der Waals surface area contributed by atoms with Gasteiger partial charge in [0, 0.05) is 37.4 Å². The molecule has 212 valence electrons. The van der Waals surface area contributed by atoms with Gasteiger partial charge in [-0.25, -0.2) is 8.42 Å². The standard InChI is InChI=1S/C33H35N3O4S/c1-24(2)34-33(38)29(22-25-12-5-3-6-13-25)35(23-26-14-7-4-8-15-26)31(37)20-11-21-36-28-18-9-16-27-17-10-19-30(32(27)28)41(36,39)40/h3-10,12-19,24,29H,11,20-23H2,1-2H3,(H,34,38)/t29-/m0/s1. The van der Waals surface area contributed by atoms with Gasteiger partial charge in [-0.05, 0) is 48.9 Å². The van der Waals surface area contributed by atoms with Gasteiger partial charge in [0.25, 0.3) is 10.0 Å². The number of carbonyl (C=O) groups excluding carboxylic acids is 2. The van der Waals surface area contributed by atoms with E-state index in [0.29, 0.717) is 23.4 Å². The zero-order valence-corrected chi connectivity index (χ0v) is 24.2. The number of nitrogens with one attached hydrogen (secondary N) is 1. The van der Waals surface area contributed by atoms with Crippen molar-refractivity contribution in [3.63, 3.8) is 0 Å². The van der Waals surface area contributed by atoms with Crippen LogP contribution in [0.25, 0.3) is 10.8 Å². The van der Waals surface area contributed by atoms with Gasteiger partial charge in [-0.2, -0.15) is 0 Å². The first-order chi connectivity index (χ1) is 19.8. The van der Waals surface area contributed by atoms with Crippen LogP contribution in [0.4, 0.5) is 5.69 Å². The van der Waals surface area contributed by atoms with Crippen molar-refractivity contribution < 1.29 is 18.0 Å². The van der Waals surface area contributed by atoms with Crippen molar-refractivity contribution >= 4 is 38.3 Å². The van der Waals surface area contributed by atoms with Crippen LogP contribution in [0.3, 0.4) is 0 Å². The molecule has 1 heterocycles. The molecule has 1 atom stereocenters. The monoisotopic (exact) mass is 569 g/mol.